The summed E-state index contributed by atoms with van der Waals surface area (Å²) in [4.78, 5) is 28.4. The fourth-order valence-electron chi connectivity index (χ4n) is 8.82. The Bertz CT molecular complexity index is 1220. The lowest BCUT2D eigenvalue weighted by molar-refractivity contribution is -0.313. The highest BCUT2D eigenvalue weighted by Crippen LogP contribution is 2.40. The highest BCUT2D eigenvalue weighted by atomic mass is 16.7. The summed E-state index contributed by atoms with van der Waals surface area (Å²) in [6.07, 6.45) is -8.69. The number of aliphatic hydroxyl groups excluding tert-OH is 2. The number of hydrogen-bond donors (Lipinski definition) is 5. The molecule has 0 aliphatic carbocycles. The molecular formula is C37H66N2O13. The van der Waals surface area contributed by atoms with Crippen molar-refractivity contribution in [3.05, 3.63) is 0 Å². The molecule has 0 aromatic heterocycles. The smallest absolute Gasteiger partial charge is 0.408 e. The molecule has 0 aromatic rings. The Hall–Kier alpha value is -1.66. The first-order chi connectivity index (χ1) is 24.1. The van der Waals surface area contributed by atoms with Crippen molar-refractivity contribution in [2.24, 2.45) is 17.8 Å². The molecule has 0 bridgehead atoms. The molecule has 302 valence electrons. The van der Waals surface area contributed by atoms with Crippen molar-refractivity contribution < 1.29 is 63.2 Å². The average Bonchev–Trinajstić information content (AvgIpc) is 3.44. The molecule has 0 radical (unpaired) electrons. The molecule has 18 atom stereocenters. The SMILES string of the molecule is CC[C@H]1OC(=O)[C@H](C)[C@@H](O[C@H]2C[C@@](C)(OC)[C@@H](O)[C@H](C)O2)[C@H](C)[C@@H](O[C@@H]2O[C@H](C)C[C@@H]3NC(=O)O[C@@H]23)[C@](C)(O)C[C@@H](C)CN(C)[C@H](C)[C@@H](O)[C@]1(C)O. The number of alkyl carbamates (subject to hydrolysis) is 1. The monoisotopic (exact) mass is 746 g/mol. The van der Waals surface area contributed by atoms with Gasteiger partial charge < -0.3 is 63.8 Å². The predicted octanol–water partition coefficient (Wildman–Crippen LogP) is 2.09. The predicted molar refractivity (Wildman–Crippen MR) is 188 cm³/mol. The Labute approximate surface area is 308 Å². The summed E-state index contributed by atoms with van der Waals surface area (Å²) in [5.41, 5.74) is -4.41. The molecule has 0 aromatic carbocycles. The molecule has 52 heavy (non-hydrogen) atoms. The molecule has 4 rings (SSSR count). The lowest BCUT2D eigenvalue weighted by Gasteiger charge is -2.48. The van der Waals surface area contributed by atoms with Crippen molar-refractivity contribution in [1.29, 1.82) is 0 Å². The third-order valence-corrected chi connectivity index (χ3v) is 12.1. The normalized spacial score (nSPS) is 50.3. The Morgan fingerprint density at radius 1 is 0.942 bits per heavy atom. The Morgan fingerprint density at radius 3 is 2.21 bits per heavy atom. The summed E-state index contributed by atoms with van der Waals surface area (Å²) in [6, 6.07) is -0.909. The number of amides is 1. The molecular weight excluding hydrogens is 680 g/mol. The zero-order valence-corrected chi connectivity index (χ0v) is 33.1. The zero-order chi connectivity index (χ0) is 39.1. The summed E-state index contributed by atoms with van der Waals surface area (Å²) in [6.45, 7) is 17.9. The van der Waals surface area contributed by atoms with Crippen LogP contribution < -0.4 is 5.32 Å². The van der Waals surface area contributed by atoms with Gasteiger partial charge in [-0.2, -0.15) is 0 Å². The van der Waals surface area contributed by atoms with Crippen molar-refractivity contribution in [2.75, 3.05) is 20.7 Å². The third-order valence-electron chi connectivity index (χ3n) is 12.1. The Kier molecular flexibility index (Phi) is 13.8. The van der Waals surface area contributed by atoms with Crippen molar-refractivity contribution in [3.8, 4) is 0 Å². The van der Waals surface area contributed by atoms with Gasteiger partial charge in [-0.15, -0.1) is 0 Å². The van der Waals surface area contributed by atoms with Crippen molar-refractivity contribution in [3.63, 3.8) is 0 Å². The number of carbonyl (C=O) groups is 2. The van der Waals surface area contributed by atoms with Gasteiger partial charge in [-0.05, 0) is 80.7 Å². The van der Waals surface area contributed by atoms with Crippen LogP contribution in [0.1, 0.15) is 94.9 Å². The summed E-state index contributed by atoms with van der Waals surface area (Å²) >= 11 is 0. The van der Waals surface area contributed by atoms with Crippen molar-refractivity contribution in [1.82, 2.24) is 10.2 Å². The van der Waals surface area contributed by atoms with E-state index >= 15 is 0 Å². The number of likely N-dealkylation sites (N-methyl/N-ethyl adjacent to an activating group) is 1. The van der Waals surface area contributed by atoms with Crippen LogP contribution in [0.2, 0.25) is 0 Å². The number of hydrogen-bond acceptors (Lipinski definition) is 14. The maximum Gasteiger partial charge on any atom is 0.408 e. The number of cyclic esters (lactones) is 1. The van der Waals surface area contributed by atoms with E-state index in [4.69, 9.17) is 33.2 Å². The van der Waals surface area contributed by atoms with Gasteiger partial charge in [0.15, 0.2) is 18.7 Å². The van der Waals surface area contributed by atoms with Crippen LogP contribution in [0.15, 0.2) is 0 Å². The van der Waals surface area contributed by atoms with Gasteiger partial charge in [-0.1, -0.05) is 20.8 Å². The quantitative estimate of drug-likeness (QED) is 0.248. The number of rotatable bonds is 6. The topological polar surface area (TPSA) is 195 Å². The van der Waals surface area contributed by atoms with Gasteiger partial charge in [-0.3, -0.25) is 4.79 Å². The minimum Gasteiger partial charge on any atom is -0.459 e. The van der Waals surface area contributed by atoms with E-state index in [1.165, 1.54) is 14.0 Å². The molecule has 15 nitrogen and oxygen atoms in total. The Balaban J connectivity index is 1.81. The van der Waals surface area contributed by atoms with E-state index in [-0.39, 0.29) is 37.3 Å². The Morgan fingerprint density at radius 2 is 1.60 bits per heavy atom. The van der Waals surface area contributed by atoms with Gasteiger partial charge in [-0.25, -0.2) is 4.79 Å². The molecule has 5 N–H and O–H groups in total. The summed E-state index contributed by atoms with van der Waals surface area (Å²) < 4.78 is 43.1. The van der Waals surface area contributed by atoms with Crippen LogP contribution in [0.5, 0.6) is 0 Å². The van der Waals surface area contributed by atoms with Crippen LogP contribution >= 0.6 is 0 Å². The number of nitrogens with one attached hydrogen (secondary N) is 1. The minimum atomic E-state index is -1.81. The van der Waals surface area contributed by atoms with Crippen LogP contribution in [0.3, 0.4) is 0 Å². The molecule has 0 saturated carbocycles. The highest BCUT2D eigenvalue weighted by Gasteiger charge is 2.54. The zero-order valence-electron chi connectivity index (χ0n) is 33.1. The maximum atomic E-state index is 14.2. The van der Waals surface area contributed by atoms with Crippen molar-refractivity contribution in [2.45, 2.75) is 185 Å². The van der Waals surface area contributed by atoms with Gasteiger partial charge in [0.2, 0.25) is 0 Å². The van der Waals surface area contributed by atoms with Crippen molar-refractivity contribution >= 4 is 12.1 Å². The number of aliphatic hydroxyl groups is 4. The molecule has 4 heterocycles. The van der Waals surface area contributed by atoms with E-state index in [1.54, 1.807) is 48.5 Å². The number of fused-ring (bicyclic) bond motifs is 1. The number of esters is 1. The minimum absolute atomic E-state index is 0.121. The molecule has 4 saturated heterocycles. The van der Waals surface area contributed by atoms with Gasteiger partial charge >= 0.3 is 12.1 Å². The third kappa shape index (κ3) is 9.06. The summed E-state index contributed by atoms with van der Waals surface area (Å²) in [7, 11) is 3.33. The first-order valence-electron chi connectivity index (χ1n) is 18.9. The number of methoxy groups -OCH3 is 1. The lowest BCUT2D eigenvalue weighted by Crippen LogP contribution is -2.60. The van der Waals surface area contributed by atoms with Gasteiger partial charge in [0.1, 0.15) is 23.9 Å². The molecule has 4 aliphatic rings. The fraction of sp³-hybridized carbons (Fsp3) is 0.946. The van der Waals surface area contributed by atoms with Crippen LogP contribution in [-0.4, -0.2) is 148 Å². The number of carbonyl (C=O) groups excluding carboxylic acids is 2. The average molecular weight is 747 g/mol. The van der Waals surface area contributed by atoms with Crippen LogP contribution in [0.4, 0.5) is 4.79 Å². The van der Waals surface area contributed by atoms with Crippen LogP contribution in [0.25, 0.3) is 0 Å². The first kappa shape index (κ1) is 43.1. The number of nitrogens with zero attached hydrogens (tertiary/aromatic N) is 1. The molecule has 4 aliphatic heterocycles. The fourth-order valence-corrected chi connectivity index (χ4v) is 8.82. The molecule has 15 heteroatoms. The van der Waals surface area contributed by atoms with E-state index in [0.29, 0.717) is 13.0 Å². The van der Waals surface area contributed by atoms with E-state index in [9.17, 15) is 30.0 Å². The molecule has 4 fully saturated rings. The van der Waals surface area contributed by atoms with E-state index in [0.717, 1.165) is 0 Å². The second-order valence-electron chi connectivity index (χ2n) is 16.8. The largest absolute Gasteiger partial charge is 0.459 e. The summed E-state index contributed by atoms with van der Waals surface area (Å²) in [5, 5.41) is 49.4. The van der Waals surface area contributed by atoms with E-state index in [1.807, 2.05) is 25.8 Å². The second kappa shape index (κ2) is 16.6. The number of ether oxygens (including phenoxy) is 7. The van der Waals surface area contributed by atoms with Gasteiger partial charge in [0.25, 0.3) is 0 Å². The molecule has 0 spiro atoms. The molecule has 0 unspecified atom stereocenters. The first-order valence-corrected chi connectivity index (χ1v) is 18.9. The maximum absolute atomic E-state index is 14.2. The van der Waals surface area contributed by atoms with E-state index in [2.05, 4.69) is 5.32 Å². The lowest BCUT2D eigenvalue weighted by atomic mass is 9.77. The van der Waals surface area contributed by atoms with E-state index < -0.39 is 102 Å². The summed E-state index contributed by atoms with van der Waals surface area (Å²) in [5.74, 6) is -2.64. The van der Waals surface area contributed by atoms with Gasteiger partial charge in [0, 0.05) is 32.0 Å². The van der Waals surface area contributed by atoms with Crippen LogP contribution in [-0.2, 0) is 38.0 Å². The van der Waals surface area contributed by atoms with Crippen LogP contribution in [0, 0.1) is 17.8 Å². The highest BCUT2D eigenvalue weighted by molar-refractivity contribution is 5.73. The van der Waals surface area contributed by atoms with Gasteiger partial charge in [0.05, 0.1) is 47.6 Å². The second-order valence-corrected chi connectivity index (χ2v) is 16.8. The molecule has 1 amide bonds. The standard InChI is InChI=1S/C37H66N2O13/c1-13-25-37(10,45)29(40)22(6)39(11)17-18(2)15-35(8,44)31(52-33-28-24(14-19(3)47-33)38-34(43)51-28)20(4)27(21(5)32(42)49-25)50-26-16-36(9,46-12)30(41)23(7)48-26/h18-31,33,40-41,44-45H,13-17H2,1-12H3,(H,38,43)/t18-,19-,20+,21-,22-,23+,24+,25-,26+,27+,28-,29-,30+,31-,33+,35-,36-,37-/m1/s1.